The molecule has 0 fully saturated rings. The summed E-state index contributed by atoms with van der Waals surface area (Å²) in [6.45, 7) is 4.22. The fraction of sp³-hybridized carbons (Fsp3) is 0.500. The Morgan fingerprint density at radius 3 is 2.00 bits per heavy atom. The van der Waals surface area contributed by atoms with Gasteiger partial charge in [0.1, 0.15) is 0 Å². The number of hydrogen-bond acceptors (Lipinski definition) is 3. The number of allylic oxidation sites excluding steroid dienone is 1. The Kier molecular flexibility index (Phi) is 5.84. The van der Waals surface area contributed by atoms with Crippen molar-refractivity contribution in [2.45, 2.75) is 27.2 Å². The Hall–Kier alpha value is -1.85. The third-order valence-electron chi connectivity index (χ3n) is 1.82. The maximum atomic E-state index is 10.9. The summed E-state index contributed by atoms with van der Waals surface area (Å²) in [5, 5.41) is 13.8. The van der Waals surface area contributed by atoms with E-state index in [4.69, 9.17) is 5.11 Å². The predicted octanol–water partition coefficient (Wildman–Crippen LogP) is 0.00730. The van der Waals surface area contributed by atoms with Crippen LogP contribution in [0.1, 0.15) is 27.2 Å². The van der Waals surface area contributed by atoms with E-state index in [2.05, 4.69) is 10.6 Å². The highest BCUT2D eigenvalue weighted by molar-refractivity contribution is 5.90. The van der Waals surface area contributed by atoms with E-state index in [1.54, 1.807) is 6.92 Å². The summed E-state index contributed by atoms with van der Waals surface area (Å²) in [6, 6.07) is 0. The first-order valence-electron chi connectivity index (χ1n) is 4.85. The SMILES string of the molecule is CCC(NC(C)=O)=C(CNC(C)=O)C(=O)O. The summed E-state index contributed by atoms with van der Waals surface area (Å²) >= 11 is 0. The summed E-state index contributed by atoms with van der Waals surface area (Å²) in [5.41, 5.74) is 0.307. The van der Waals surface area contributed by atoms with Crippen molar-refractivity contribution in [3.05, 3.63) is 11.3 Å². The van der Waals surface area contributed by atoms with Crippen LogP contribution >= 0.6 is 0 Å². The molecule has 0 aromatic rings. The van der Waals surface area contributed by atoms with Crippen LogP contribution in [0.25, 0.3) is 0 Å². The zero-order chi connectivity index (χ0) is 12.7. The fourth-order valence-corrected chi connectivity index (χ4v) is 1.11. The lowest BCUT2D eigenvalue weighted by Gasteiger charge is -2.11. The molecule has 0 unspecified atom stereocenters. The molecular formula is C10H16N2O4. The van der Waals surface area contributed by atoms with E-state index in [0.717, 1.165) is 0 Å². The van der Waals surface area contributed by atoms with Gasteiger partial charge < -0.3 is 15.7 Å². The number of hydrogen-bond donors (Lipinski definition) is 3. The number of carboxylic acid groups (broad SMARTS) is 1. The van der Waals surface area contributed by atoms with Crippen molar-refractivity contribution >= 4 is 17.8 Å². The normalized spacial score (nSPS) is 11.4. The number of nitrogens with one attached hydrogen (secondary N) is 2. The molecule has 16 heavy (non-hydrogen) atoms. The second-order valence-corrected chi connectivity index (χ2v) is 3.21. The highest BCUT2D eigenvalue weighted by Crippen LogP contribution is 2.05. The van der Waals surface area contributed by atoms with Gasteiger partial charge in [-0.3, -0.25) is 9.59 Å². The van der Waals surface area contributed by atoms with E-state index in [9.17, 15) is 14.4 Å². The van der Waals surface area contributed by atoms with E-state index >= 15 is 0 Å². The number of carbonyl (C=O) groups is 3. The molecule has 0 spiro atoms. The zero-order valence-corrected chi connectivity index (χ0v) is 9.59. The van der Waals surface area contributed by atoms with Crippen LogP contribution < -0.4 is 10.6 Å². The smallest absolute Gasteiger partial charge is 0.335 e. The van der Waals surface area contributed by atoms with Gasteiger partial charge in [-0.15, -0.1) is 0 Å². The highest BCUT2D eigenvalue weighted by Gasteiger charge is 2.14. The van der Waals surface area contributed by atoms with Crippen LogP contribution in [-0.4, -0.2) is 29.4 Å². The van der Waals surface area contributed by atoms with Gasteiger partial charge in [0.15, 0.2) is 0 Å². The molecule has 0 radical (unpaired) electrons. The molecule has 0 aromatic heterocycles. The quantitative estimate of drug-likeness (QED) is 0.577. The molecule has 0 saturated heterocycles. The number of amides is 2. The second-order valence-electron chi connectivity index (χ2n) is 3.21. The number of aliphatic carboxylic acids is 1. The molecule has 0 aliphatic heterocycles. The molecule has 6 nitrogen and oxygen atoms in total. The maximum absolute atomic E-state index is 10.9. The van der Waals surface area contributed by atoms with Crippen LogP contribution in [0.5, 0.6) is 0 Å². The lowest BCUT2D eigenvalue weighted by atomic mass is 10.1. The summed E-state index contributed by atoms with van der Waals surface area (Å²) < 4.78 is 0. The summed E-state index contributed by atoms with van der Waals surface area (Å²) in [7, 11) is 0. The third-order valence-corrected chi connectivity index (χ3v) is 1.82. The monoisotopic (exact) mass is 228 g/mol. The van der Waals surface area contributed by atoms with Gasteiger partial charge in [0.05, 0.1) is 12.1 Å². The molecule has 2 amide bonds. The average molecular weight is 228 g/mol. The van der Waals surface area contributed by atoms with Crippen LogP contribution in [0.4, 0.5) is 0 Å². The number of rotatable bonds is 5. The van der Waals surface area contributed by atoms with Crippen molar-refractivity contribution in [1.29, 1.82) is 0 Å². The van der Waals surface area contributed by atoms with E-state index in [1.165, 1.54) is 13.8 Å². The minimum Gasteiger partial charge on any atom is -0.478 e. The van der Waals surface area contributed by atoms with Gasteiger partial charge in [0, 0.05) is 19.5 Å². The van der Waals surface area contributed by atoms with Crippen molar-refractivity contribution in [3.63, 3.8) is 0 Å². The van der Waals surface area contributed by atoms with Crippen LogP contribution in [0.2, 0.25) is 0 Å². The van der Waals surface area contributed by atoms with Gasteiger partial charge in [0.25, 0.3) is 0 Å². The van der Waals surface area contributed by atoms with Crippen LogP contribution in [-0.2, 0) is 14.4 Å². The second kappa shape index (κ2) is 6.60. The van der Waals surface area contributed by atoms with Gasteiger partial charge in [0.2, 0.25) is 11.8 Å². The highest BCUT2D eigenvalue weighted by atomic mass is 16.4. The summed E-state index contributed by atoms with van der Waals surface area (Å²) in [4.78, 5) is 32.5. The zero-order valence-electron chi connectivity index (χ0n) is 9.59. The Bertz CT molecular complexity index is 334. The molecule has 0 rings (SSSR count). The first-order chi connectivity index (χ1) is 7.38. The Balaban J connectivity index is 4.92. The molecule has 0 atom stereocenters. The van der Waals surface area contributed by atoms with Crippen molar-refractivity contribution in [1.82, 2.24) is 10.6 Å². The number of carboxylic acids is 1. The summed E-state index contributed by atoms with van der Waals surface area (Å²) in [6.07, 6.45) is 0.376. The predicted molar refractivity (Wildman–Crippen MR) is 57.5 cm³/mol. The minimum atomic E-state index is -1.15. The Labute approximate surface area is 93.7 Å². The average Bonchev–Trinajstić information content (AvgIpc) is 2.14. The van der Waals surface area contributed by atoms with Gasteiger partial charge in [-0.1, -0.05) is 6.92 Å². The summed E-state index contributed by atoms with van der Waals surface area (Å²) in [5.74, 6) is -1.81. The molecule has 0 heterocycles. The lowest BCUT2D eigenvalue weighted by Crippen LogP contribution is -2.30. The molecule has 3 N–H and O–H groups in total. The van der Waals surface area contributed by atoms with E-state index in [0.29, 0.717) is 12.1 Å². The van der Waals surface area contributed by atoms with Crippen molar-refractivity contribution in [2.24, 2.45) is 0 Å². The van der Waals surface area contributed by atoms with E-state index in [1.807, 2.05) is 0 Å². The molecular weight excluding hydrogens is 212 g/mol. The van der Waals surface area contributed by atoms with Gasteiger partial charge in [-0.2, -0.15) is 0 Å². The largest absolute Gasteiger partial charge is 0.478 e. The van der Waals surface area contributed by atoms with E-state index < -0.39 is 5.97 Å². The molecule has 90 valence electrons. The molecule has 6 heteroatoms. The Morgan fingerprint density at radius 1 is 1.12 bits per heavy atom. The molecule has 0 aliphatic carbocycles. The number of carbonyl (C=O) groups excluding carboxylic acids is 2. The first-order valence-corrected chi connectivity index (χ1v) is 4.85. The van der Waals surface area contributed by atoms with E-state index in [-0.39, 0.29) is 23.9 Å². The topological polar surface area (TPSA) is 95.5 Å². The molecule has 0 aliphatic rings. The van der Waals surface area contributed by atoms with Crippen molar-refractivity contribution in [3.8, 4) is 0 Å². The van der Waals surface area contributed by atoms with Crippen LogP contribution in [0, 0.1) is 0 Å². The van der Waals surface area contributed by atoms with Gasteiger partial charge >= 0.3 is 5.97 Å². The Morgan fingerprint density at radius 2 is 1.69 bits per heavy atom. The molecule has 0 aromatic carbocycles. The first kappa shape index (κ1) is 14.2. The lowest BCUT2D eigenvalue weighted by molar-refractivity contribution is -0.132. The maximum Gasteiger partial charge on any atom is 0.335 e. The van der Waals surface area contributed by atoms with Crippen LogP contribution in [0.3, 0.4) is 0 Å². The van der Waals surface area contributed by atoms with Crippen molar-refractivity contribution < 1.29 is 19.5 Å². The third kappa shape index (κ3) is 5.14. The van der Waals surface area contributed by atoms with Gasteiger partial charge in [-0.05, 0) is 6.42 Å². The van der Waals surface area contributed by atoms with Crippen LogP contribution in [0.15, 0.2) is 11.3 Å². The molecule has 0 bridgehead atoms. The standard InChI is InChI=1S/C10H16N2O4/c1-4-9(12-7(3)14)8(10(15)16)5-11-6(2)13/h4-5H2,1-3H3,(H,11,13)(H,12,14)(H,15,16). The molecule has 0 saturated carbocycles. The van der Waals surface area contributed by atoms with Gasteiger partial charge in [-0.25, -0.2) is 4.79 Å². The minimum absolute atomic E-state index is 0.00657. The van der Waals surface area contributed by atoms with Crippen molar-refractivity contribution in [2.75, 3.05) is 6.54 Å². The fourth-order valence-electron chi connectivity index (χ4n) is 1.11.